The van der Waals surface area contributed by atoms with Gasteiger partial charge in [-0.2, -0.15) is 22.0 Å². The average Bonchev–Trinajstić information content (AvgIpc) is 3.14. The Kier molecular flexibility index (Phi) is 6.17. The van der Waals surface area contributed by atoms with Crippen LogP contribution in [0.5, 0.6) is 0 Å². The van der Waals surface area contributed by atoms with Crippen LogP contribution in [-0.2, 0) is 25.3 Å². The molecule has 3 rings (SSSR count). The Morgan fingerprint density at radius 2 is 2.28 bits per heavy atom. The van der Waals surface area contributed by atoms with Crippen molar-refractivity contribution in [2.45, 2.75) is 37.4 Å². The van der Waals surface area contributed by atoms with Crippen molar-refractivity contribution in [3.63, 3.8) is 0 Å². The summed E-state index contributed by atoms with van der Waals surface area (Å²) in [4.78, 5) is 31.1. The summed E-state index contributed by atoms with van der Waals surface area (Å²) >= 11 is 1.44. The highest BCUT2D eigenvalue weighted by Gasteiger charge is 2.48. The molecule has 0 spiro atoms. The number of nitrogens with zero attached hydrogens (tertiary/aromatic N) is 2. The number of amides is 3. The number of fused-ring (bicyclic) bond motifs is 2. The van der Waals surface area contributed by atoms with E-state index in [-0.39, 0.29) is 18.6 Å². The fraction of sp³-hybridized carbons (Fsp3) is 0.846. The average molecular weight is 393 g/mol. The molecule has 0 aliphatic carbocycles. The van der Waals surface area contributed by atoms with Gasteiger partial charge in [-0.15, -0.1) is 0 Å². The summed E-state index contributed by atoms with van der Waals surface area (Å²) in [5.74, 6) is 0.895. The van der Waals surface area contributed by atoms with E-state index in [1.54, 1.807) is 0 Å². The van der Waals surface area contributed by atoms with E-state index in [0.29, 0.717) is 25.4 Å². The highest BCUT2D eigenvalue weighted by Crippen LogP contribution is 2.30. The summed E-state index contributed by atoms with van der Waals surface area (Å²) in [5, 5.41) is 4.11. The van der Waals surface area contributed by atoms with Crippen molar-refractivity contribution in [2.75, 3.05) is 25.4 Å². The van der Waals surface area contributed by atoms with E-state index in [1.165, 1.54) is 4.90 Å². The summed E-state index contributed by atoms with van der Waals surface area (Å²) in [6, 6.07) is -1.52. The molecule has 3 unspecified atom stereocenters. The lowest BCUT2D eigenvalue weighted by molar-refractivity contribution is -0.139. The van der Waals surface area contributed by atoms with Crippen LogP contribution < -0.4 is 10.8 Å². The Balaban J connectivity index is 1.47. The standard InChI is InChI=1S/C13H22N4O6S2/c18-12(15-22-6-9-3-8(7-24)4-14-9)11-2-1-10-5-16(11)13(19)17(10)23-25(20)21/h8-11,14,24H,1-7H2,(H,15,18)(H,20,21)/p-1/t8-,9+,10?,11?/m0/s1. The van der Waals surface area contributed by atoms with E-state index in [9.17, 15) is 18.4 Å². The summed E-state index contributed by atoms with van der Waals surface area (Å²) in [6.45, 7) is 1.47. The van der Waals surface area contributed by atoms with Crippen LogP contribution in [0.1, 0.15) is 19.3 Å². The first-order valence-corrected chi connectivity index (χ1v) is 9.76. The van der Waals surface area contributed by atoms with Gasteiger partial charge in [-0.05, 0) is 37.5 Å². The van der Waals surface area contributed by atoms with E-state index >= 15 is 0 Å². The molecule has 0 aromatic rings. The molecule has 3 aliphatic heterocycles. The lowest BCUT2D eigenvalue weighted by atomic mass is 10.0. The first-order chi connectivity index (χ1) is 12.0. The van der Waals surface area contributed by atoms with Crippen LogP contribution in [0.25, 0.3) is 0 Å². The minimum absolute atomic E-state index is 0.164. The molecule has 0 aromatic heterocycles. The second-order valence-electron chi connectivity index (χ2n) is 6.45. The fourth-order valence-electron chi connectivity index (χ4n) is 3.52. The van der Waals surface area contributed by atoms with Crippen LogP contribution in [0.2, 0.25) is 0 Å². The SMILES string of the molecule is O=C(NOC[C@H]1C[C@H](CS)CN1)C1CCC2CN1C(=O)N2OS(=O)[O-]. The fourth-order valence-corrected chi connectivity index (χ4v) is 4.11. The Bertz CT molecular complexity index is 553. The van der Waals surface area contributed by atoms with E-state index in [1.807, 2.05) is 0 Å². The van der Waals surface area contributed by atoms with Gasteiger partial charge < -0.3 is 14.8 Å². The Morgan fingerprint density at radius 1 is 1.48 bits per heavy atom. The maximum atomic E-state index is 12.3. The molecular weight excluding hydrogens is 372 g/mol. The number of carbonyl (C=O) groups excluding carboxylic acids is 2. The second kappa shape index (κ2) is 8.18. The van der Waals surface area contributed by atoms with E-state index in [4.69, 9.17) is 4.84 Å². The van der Waals surface area contributed by atoms with E-state index < -0.39 is 29.3 Å². The summed E-state index contributed by atoms with van der Waals surface area (Å²) in [6.07, 6.45) is 1.83. The highest BCUT2D eigenvalue weighted by molar-refractivity contribution is 7.80. The molecule has 0 saturated carbocycles. The molecule has 0 aromatic carbocycles. The molecule has 3 fully saturated rings. The zero-order valence-electron chi connectivity index (χ0n) is 13.5. The lowest BCUT2D eigenvalue weighted by Crippen LogP contribution is -2.50. The topological polar surface area (TPSA) is 123 Å². The molecule has 0 radical (unpaired) electrons. The van der Waals surface area contributed by atoms with Crippen LogP contribution >= 0.6 is 12.6 Å². The number of carbonyl (C=O) groups is 2. The van der Waals surface area contributed by atoms with Crippen LogP contribution in [0.15, 0.2) is 0 Å². The number of piperidine rings is 1. The molecule has 12 heteroatoms. The quantitative estimate of drug-likeness (QED) is 0.286. The van der Waals surface area contributed by atoms with Gasteiger partial charge in [0.25, 0.3) is 5.91 Å². The van der Waals surface area contributed by atoms with Gasteiger partial charge in [0.1, 0.15) is 17.4 Å². The van der Waals surface area contributed by atoms with Crippen LogP contribution in [0.3, 0.4) is 0 Å². The zero-order chi connectivity index (χ0) is 18.0. The van der Waals surface area contributed by atoms with E-state index in [2.05, 4.69) is 27.7 Å². The minimum Gasteiger partial charge on any atom is -0.748 e. The second-order valence-corrected chi connectivity index (χ2v) is 7.38. The number of rotatable bonds is 7. The predicted octanol–water partition coefficient (Wildman–Crippen LogP) is -1.06. The number of thiol groups is 1. The third-order valence-electron chi connectivity index (χ3n) is 4.80. The monoisotopic (exact) mass is 393 g/mol. The molecular formula is C13H21N4O6S2-. The third kappa shape index (κ3) is 4.26. The maximum absolute atomic E-state index is 12.3. The van der Waals surface area contributed by atoms with Gasteiger partial charge in [0.05, 0.1) is 12.6 Å². The number of urea groups is 1. The van der Waals surface area contributed by atoms with Gasteiger partial charge >= 0.3 is 6.03 Å². The number of hydrogen-bond acceptors (Lipinski definition) is 8. The minimum atomic E-state index is -2.83. The summed E-state index contributed by atoms with van der Waals surface area (Å²) in [5.41, 5.74) is 2.40. The molecule has 142 valence electrons. The largest absolute Gasteiger partial charge is 0.748 e. The first-order valence-electron chi connectivity index (χ1n) is 8.13. The molecule has 10 nitrogen and oxygen atoms in total. The molecule has 3 aliphatic rings. The van der Waals surface area contributed by atoms with Crippen molar-refractivity contribution in [2.24, 2.45) is 5.92 Å². The predicted molar refractivity (Wildman–Crippen MR) is 88.6 cm³/mol. The molecule has 3 heterocycles. The van der Waals surface area contributed by atoms with Gasteiger partial charge in [-0.1, -0.05) is 0 Å². The van der Waals surface area contributed by atoms with E-state index in [0.717, 1.165) is 23.8 Å². The van der Waals surface area contributed by atoms with Crippen molar-refractivity contribution in [1.82, 2.24) is 20.8 Å². The molecule has 5 atom stereocenters. The van der Waals surface area contributed by atoms with Crippen molar-refractivity contribution >= 4 is 35.9 Å². The van der Waals surface area contributed by atoms with Crippen molar-refractivity contribution in [1.29, 1.82) is 0 Å². The molecule has 3 amide bonds. The smallest absolute Gasteiger partial charge is 0.346 e. The van der Waals surface area contributed by atoms with Crippen molar-refractivity contribution in [3.05, 3.63) is 0 Å². The van der Waals surface area contributed by atoms with Gasteiger partial charge in [0.15, 0.2) is 0 Å². The first kappa shape index (κ1) is 18.9. The number of hydroxylamine groups is 3. The normalized spacial score (nSPS) is 33.0. The Hall–Kier alpha value is -0.920. The summed E-state index contributed by atoms with van der Waals surface area (Å²) < 4.78 is 25.9. The number of hydrogen-bond donors (Lipinski definition) is 3. The van der Waals surface area contributed by atoms with Crippen LogP contribution in [-0.4, -0.2) is 74.2 Å². The lowest BCUT2D eigenvalue weighted by Gasteiger charge is -2.29. The third-order valence-corrected chi connectivity index (χ3v) is 5.59. The summed E-state index contributed by atoms with van der Waals surface area (Å²) in [7, 11) is 0. The molecule has 2 N–H and O–H groups in total. The van der Waals surface area contributed by atoms with Crippen molar-refractivity contribution in [3.8, 4) is 0 Å². The van der Waals surface area contributed by atoms with Crippen LogP contribution in [0.4, 0.5) is 4.79 Å². The molecule has 25 heavy (non-hydrogen) atoms. The van der Waals surface area contributed by atoms with Crippen molar-refractivity contribution < 1.29 is 27.5 Å². The Labute approximate surface area is 153 Å². The highest BCUT2D eigenvalue weighted by atomic mass is 32.2. The van der Waals surface area contributed by atoms with Gasteiger partial charge in [0.2, 0.25) is 0 Å². The molecule has 2 bridgehead atoms. The maximum Gasteiger partial charge on any atom is 0.346 e. The van der Waals surface area contributed by atoms with Gasteiger partial charge in [-0.3, -0.25) is 9.63 Å². The molecule has 3 saturated heterocycles. The van der Waals surface area contributed by atoms with Crippen LogP contribution in [0, 0.1) is 5.92 Å². The van der Waals surface area contributed by atoms with Gasteiger partial charge in [-0.25, -0.2) is 14.5 Å². The number of nitrogens with one attached hydrogen (secondary N) is 2. The van der Waals surface area contributed by atoms with Gasteiger partial charge in [0, 0.05) is 12.6 Å². The zero-order valence-corrected chi connectivity index (χ0v) is 15.2. The Morgan fingerprint density at radius 3 is 2.96 bits per heavy atom.